The largest absolute Gasteiger partial charge is 0.462 e. The van der Waals surface area contributed by atoms with Crippen molar-refractivity contribution in [1.29, 1.82) is 0 Å². The zero-order valence-corrected chi connectivity index (χ0v) is 13.0. The van der Waals surface area contributed by atoms with Gasteiger partial charge in [0.2, 0.25) is 0 Å². The average Bonchev–Trinajstić information content (AvgIpc) is 2.50. The fourth-order valence-electron chi connectivity index (χ4n) is 3.13. The van der Waals surface area contributed by atoms with Gasteiger partial charge in [-0.1, -0.05) is 26.2 Å². The van der Waals surface area contributed by atoms with Crippen molar-refractivity contribution < 1.29 is 9.53 Å². The Morgan fingerprint density at radius 1 is 1.33 bits per heavy atom. The first-order chi connectivity index (χ1) is 10.2. The van der Waals surface area contributed by atoms with Gasteiger partial charge in [0.15, 0.2) is 0 Å². The van der Waals surface area contributed by atoms with E-state index in [1.807, 2.05) is 12.1 Å². The number of nitrogens with one attached hydrogen (secondary N) is 1. The van der Waals surface area contributed by atoms with Crippen LogP contribution in [0.25, 0.3) is 0 Å². The molecule has 1 fully saturated rings. The SMILES string of the molecule is CCOC(=O)c1cc(NC2CCCCC2CC)ccc1N. The number of nitrogen functional groups attached to an aromatic ring is 1. The van der Waals surface area contributed by atoms with Crippen LogP contribution in [0.1, 0.15) is 56.3 Å². The Morgan fingerprint density at radius 2 is 2.10 bits per heavy atom. The van der Waals surface area contributed by atoms with Gasteiger partial charge >= 0.3 is 5.97 Å². The molecule has 1 saturated carbocycles. The van der Waals surface area contributed by atoms with Crippen LogP contribution >= 0.6 is 0 Å². The topological polar surface area (TPSA) is 64.3 Å². The van der Waals surface area contributed by atoms with Crippen molar-refractivity contribution >= 4 is 17.3 Å². The molecule has 2 rings (SSSR count). The maximum Gasteiger partial charge on any atom is 0.340 e. The Labute approximate surface area is 127 Å². The molecular weight excluding hydrogens is 264 g/mol. The summed E-state index contributed by atoms with van der Waals surface area (Å²) < 4.78 is 5.05. The van der Waals surface area contributed by atoms with Gasteiger partial charge < -0.3 is 15.8 Å². The second kappa shape index (κ2) is 7.34. The highest BCUT2D eigenvalue weighted by molar-refractivity contribution is 5.96. The van der Waals surface area contributed by atoms with Crippen molar-refractivity contribution in [3.05, 3.63) is 23.8 Å². The van der Waals surface area contributed by atoms with E-state index in [2.05, 4.69) is 12.2 Å². The van der Waals surface area contributed by atoms with Crippen LogP contribution in [-0.2, 0) is 4.74 Å². The van der Waals surface area contributed by atoms with Crippen LogP contribution in [-0.4, -0.2) is 18.6 Å². The molecule has 1 aromatic carbocycles. The van der Waals surface area contributed by atoms with E-state index in [-0.39, 0.29) is 5.97 Å². The number of hydrogen-bond acceptors (Lipinski definition) is 4. The van der Waals surface area contributed by atoms with E-state index in [9.17, 15) is 4.79 Å². The number of ether oxygens (including phenoxy) is 1. The Bertz CT molecular complexity index is 488. The number of esters is 1. The van der Waals surface area contributed by atoms with Gasteiger partial charge in [-0.05, 0) is 43.9 Å². The maximum atomic E-state index is 11.9. The molecule has 1 aliphatic carbocycles. The summed E-state index contributed by atoms with van der Waals surface area (Å²) >= 11 is 0. The first-order valence-corrected chi connectivity index (χ1v) is 7.98. The number of anilines is 2. The minimum Gasteiger partial charge on any atom is -0.462 e. The predicted octanol–water partition coefficient (Wildman–Crippen LogP) is 3.83. The van der Waals surface area contributed by atoms with Crippen LogP contribution in [0.4, 0.5) is 11.4 Å². The van der Waals surface area contributed by atoms with E-state index < -0.39 is 0 Å². The summed E-state index contributed by atoms with van der Waals surface area (Å²) in [6, 6.07) is 6.02. The van der Waals surface area contributed by atoms with Gasteiger partial charge in [-0.2, -0.15) is 0 Å². The summed E-state index contributed by atoms with van der Waals surface area (Å²) in [7, 11) is 0. The summed E-state index contributed by atoms with van der Waals surface area (Å²) in [6.07, 6.45) is 6.27. The molecule has 0 heterocycles. The minimum atomic E-state index is -0.352. The molecule has 0 saturated heterocycles. The predicted molar refractivity (Wildman–Crippen MR) is 86.5 cm³/mol. The summed E-state index contributed by atoms with van der Waals surface area (Å²) in [4.78, 5) is 11.9. The van der Waals surface area contributed by atoms with Crippen LogP contribution in [0.2, 0.25) is 0 Å². The van der Waals surface area contributed by atoms with E-state index in [1.54, 1.807) is 13.0 Å². The highest BCUT2D eigenvalue weighted by Gasteiger charge is 2.23. The Hall–Kier alpha value is -1.71. The zero-order valence-electron chi connectivity index (χ0n) is 13.0. The van der Waals surface area contributed by atoms with Crippen LogP contribution in [0, 0.1) is 5.92 Å². The molecule has 1 aromatic rings. The molecule has 4 nitrogen and oxygen atoms in total. The molecule has 0 radical (unpaired) electrons. The van der Waals surface area contributed by atoms with E-state index in [0.29, 0.717) is 29.8 Å². The third-order valence-corrected chi connectivity index (χ3v) is 4.33. The number of hydrogen-bond donors (Lipinski definition) is 2. The van der Waals surface area contributed by atoms with Crippen LogP contribution in [0.15, 0.2) is 18.2 Å². The lowest BCUT2D eigenvalue weighted by Crippen LogP contribution is -2.31. The molecule has 3 N–H and O–H groups in total. The molecular formula is C17H26N2O2. The van der Waals surface area contributed by atoms with Gasteiger partial charge in [0.1, 0.15) is 0 Å². The number of carbonyl (C=O) groups excluding carboxylic acids is 1. The summed E-state index contributed by atoms with van der Waals surface area (Å²) in [5.74, 6) is 0.358. The summed E-state index contributed by atoms with van der Waals surface area (Å²) in [5.41, 5.74) is 7.75. The second-order valence-corrected chi connectivity index (χ2v) is 5.73. The molecule has 0 bridgehead atoms. The Kier molecular flexibility index (Phi) is 5.48. The highest BCUT2D eigenvalue weighted by Crippen LogP contribution is 2.30. The standard InChI is InChI=1S/C17H26N2O2/c1-3-12-7-5-6-8-16(12)19-13-9-10-15(18)14(11-13)17(20)21-4-2/h9-12,16,19H,3-8,18H2,1-2H3. The van der Waals surface area contributed by atoms with Gasteiger partial charge in [-0.15, -0.1) is 0 Å². The van der Waals surface area contributed by atoms with Crippen LogP contribution < -0.4 is 11.1 Å². The van der Waals surface area contributed by atoms with Crippen molar-refractivity contribution in [3.63, 3.8) is 0 Å². The van der Waals surface area contributed by atoms with Gasteiger partial charge in [-0.25, -0.2) is 4.79 Å². The van der Waals surface area contributed by atoms with Gasteiger partial charge in [-0.3, -0.25) is 0 Å². The molecule has 0 spiro atoms. The summed E-state index contributed by atoms with van der Waals surface area (Å²) in [5, 5.41) is 3.58. The fourth-order valence-corrected chi connectivity index (χ4v) is 3.13. The average molecular weight is 290 g/mol. The fraction of sp³-hybridized carbons (Fsp3) is 0.588. The first kappa shape index (κ1) is 15.7. The quantitative estimate of drug-likeness (QED) is 0.639. The molecule has 0 aliphatic heterocycles. The molecule has 2 atom stereocenters. The molecule has 2 unspecified atom stereocenters. The van der Waals surface area contributed by atoms with E-state index in [1.165, 1.54) is 32.1 Å². The van der Waals surface area contributed by atoms with E-state index >= 15 is 0 Å². The smallest absolute Gasteiger partial charge is 0.340 e. The van der Waals surface area contributed by atoms with Crippen molar-refractivity contribution in [1.82, 2.24) is 0 Å². The maximum absolute atomic E-state index is 11.9. The van der Waals surface area contributed by atoms with Crippen molar-refractivity contribution in [2.24, 2.45) is 5.92 Å². The highest BCUT2D eigenvalue weighted by atomic mass is 16.5. The molecule has 21 heavy (non-hydrogen) atoms. The molecule has 4 heteroatoms. The molecule has 1 aliphatic rings. The third kappa shape index (κ3) is 3.90. The monoisotopic (exact) mass is 290 g/mol. The molecule has 116 valence electrons. The van der Waals surface area contributed by atoms with E-state index in [4.69, 9.17) is 10.5 Å². The minimum absolute atomic E-state index is 0.352. The van der Waals surface area contributed by atoms with Crippen LogP contribution in [0.5, 0.6) is 0 Å². The molecule has 0 aromatic heterocycles. The third-order valence-electron chi connectivity index (χ3n) is 4.33. The van der Waals surface area contributed by atoms with Gasteiger partial charge in [0, 0.05) is 17.4 Å². The normalized spacial score (nSPS) is 21.8. The first-order valence-electron chi connectivity index (χ1n) is 7.98. The lowest BCUT2D eigenvalue weighted by atomic mass is 9.83. The van der Waals surface area contributed by atoms with Gasteiger partial charge in [0.05, 0.1) is 12.2 Å². The number of nitrogens with two attached hydrogens (primary N) is 1. The Balaban J connectivity index is 2.13. The van der Waals surface area contributed by atoms with Crippen molar-refractivity contribution in [2.75, 3.05) is 17.7 Å². The lowest BCUT2D eigenvalue weighted by Gasteiger charge is -2.32. The van der Waals surface area contributed by atoms with Crippen molar-refractivity contribution in [2.45, 2.75) is 52.0 Å². The number of carbonyl (C=O) groups is 1. The summed E-state index contributed by atoms with van der Waals surface area (Å²) in [6.45, 7) is 4.40. The zero-order chi connectivity index (χ0) is 15.2. The lowest BCUT2D eigenvalue weighted by molar-refractivity contribution is 0.0527. The van der Waals surface area contributed by atoms with Gasteiger partial charge in [0.25, 0.3) is 0 Å². The second-order valence-electron chi connectivity index (χ2n) is 5.73. The van der Waals surface area contributed by atoms with E-state index in [0.717, 1.165) is 5.69 Å². The number of benzene rings is 1. The van der Waals surface area contributed by atoms with Crippen LogP contribution in [0.3, 0.4) is 0 Å². The molecule has 0 amide bonds. The number of rotatable bonds is 5. The Morgan fingerprint density at radius 3 is 2.81 bits per heavy atom. The van der Waals surface area contributed by atoms with Crippen molar-refractivity contribution in [3.8, 4) is 0 Å².